The molecule has 0 saturated carbocycles. The lowest BCUT2D eigenvalue weighted by atomic mass is 9.94. The molecule has 0 bridgehead atoms. The van der Waals surface area contributed by atoms with Crippen molar-refractivity contribution in [2.24, 2.45) is 16.8 Å². The van der Waals surface area contributed by atoms with Gasteiger partial charge in [0.25, 0.3) is 0 Å². The number of methoxy groups -OCH3 is 1. The SMILES string of the molecule is CCNC(=NCC(C)(C)N1CCCC(C)C1)N1CCC(COCCOC)C1. The molecule has 0 spiro atoms. The second-order valence-corrected chi connectivity index (χ2v) is 8.84. The molecular weight excluding hydrogens is 340 g/mol. The fourth-order valence-electron chi connectivity index (χ4n) is 4.09. The van der Waals surface area contributed by atoms with Crippen LogP contribution in [0.1, 0.15) is 47.0 Å². The zero-order valence-electron chi connectivity index (χ0n) is 18.3. The van der Waals surface area contributed by atoms with Gasteiger partial charge in [-0.1, -0.05) is 6.92 Å². The summed E-state index contributed by atoms with van der Waals surface area (Å²) in [6, 6.07) is 0. The van der Waals surface area contributed by atoms with Crippen LogP contribution < -0.4 is 5.32 Å². The minimum absolute atomic E-state index is 0.109. The number of hydrogen-bond donors (Lipinski definition) is 1. The minimum atomic E-state index is 0.109. The average Bonchev–Trinajstić information content (AvgIpc) is 3.11. The summed E-state index contributed by atoms with van der Waals surface area (Å²) in [6.45, 7) is 17.6. The molecule has 158 valence electrons. The van der Waals surface area contributed by atoms with E-state index in [4.69, 9.17) is 14.5 Å². The smallest absolute Gasteiger partial charge is 0.193 e. The van der Waals surface area contributed by atoms with Crippen LogP contribution in [0.4, 0.5) is 0 Å². The third kappa shape index (κ3) is 7.24. The van der Waals surface area contributed by atoms with Crippen LogP contribution in [0.3, 0.4) is 0 Å². The number of hydrogen-bond acceptors (Lipinski definition) is 4. The Balaban J connectivity index is 1.88. The van der Waals surface area contributed by atoms with Crippen molar-refractivity contribution in [3.63, 3.8) is 0 Å². The molecule has 6 nitrogen and oxygen atoms in total. The highest BCUT2D eigenvalue weighted by Gasteiger charge is 2.31. The van der Waals surface area contributed by atoms with E-state index in [1.807, 2.05) is 0 Å². The van der Waals surface area contributed by atoms with Gasteiger partial charge in [0.1, 0.15) is 0 Å². The van der Waals surface area contributed by atoms with Gasteiger partial charge in [0.15, 0.2) is 5.96 Å². The van der Waals surface area contributed by atoms with E-state index in [9.17, 15) is 0 Å². The summed E-state index contributed by atoms with van der Waals surface area (Å²) in [6.07, 6.45) is 3.84. The number of aliphatic imine (C=N–C) groups is 1. The van der Waals surface area contributed by atoms with Crippen LogP contribution in [0.2, 0.25) is 0 Å². The fraction of sp³-hybridized carbons (Fsp3) is 0.952. The van der Waals surface area contributed by atoms with Crippen molar-refractivity contribution in [3.8, 4) is 0 Å². The van der Waals surface area contributed by atoms with E-state index in [1.54, 1.807) is 7.11 Å². The predicted octanol–water partition coefficient (Wildman–Crippen LogP) is 2.45. The van der Waals surface area contributed by atoms with Gasteiger partial charge in [-0.15, -0.1) is 0 Å². The van der Waals surface area contributed by atoms with E-state index in [1.165, 1.54) is 32.4 Å². The number of likely N-dealkylation sites (tertiary alicyclic amines) is 2. The van der Waals surface area contributed by atoms with E-state index in [-0.39, 0.29) is 5.54 Å². The Morgan fingerprint density at radius 1 is 1.19 bits per heavy atom. The third-order valence-electron chi connectivity index (χ3n) is 5.83. The standard InChI is InChI=1S/C21H42N4O2/c1-6-22-20(24-11-9-19(15-24)16-27-13-12-26-5)23-17-21(3,4)25-10-7-8-18(2)14-25/h18-19H,6-17H2,1-5H3,(H,22,23). The first-order valence-electron chi connectivity index (χ1n) is 10.8. The van der Waals surface area contributed by atoms with Gasteiger partial charge >= 0.3 is 0 Å². The van der Waals surface area contributed by atoms with Gasteiger partial charge in [-0.25, -0.2) is 0 Å². The molecule has 2 aliphatic heterocycles. The minimum Gasteiger partial charge on any atom is -0.382 e. The van der Waals surface area contributed by atoms with Gasteiger partial charge < -0.3 is 19.7 Å². The van der Waals surface area contributed by atoms with Crippen LogP contribution in [0, 0.1) is 11.8 Å². The third-order valence-corrected chi connectivity index (χ3v) is 5.83. The topological polar surface area (TPSA) is 49.3 Å². The van der Waals surface area contributed by atoms with E-state index < -0.39 is 0 Å². The molecule has 2 atom stereocenters. The highest BCUT2D eigenvalue weighted by molar-refractivity contribution is 5.80. The highest BCUT2D eigenvalue weighted by atomic mass is 16.5. The summed E-state index contributed by atoms with van der Waals surface area (Å²) in [4.78, 5) is 10.1. The van der Waals surface area contributed by atoms with Crippen molar-refractivity contribution < 1.29 is 9.47 Å². The Bertz CT molecular complexity index is 455. The van der Waals surface area contributed by atoms with E-state index >= 15 is 0 Å². The molecule has 0 amide bonds. The summed E-state index contributed by atoms with van der Waals surface area (Å²) in [5.74, 6) is 2.45. The number of nitrogens with one attached hydrogen (secondary N) is 1. The summed E-state index contributed by atoms with van der Waals surface area (Å²) in [5, 5.41) is 3.50. The first-order valence-corrected chi connectivity index (χ1v) is 10.8. The van der Waals surface area contributed by atoms with Crippen molar-refractivity contribution in [2.75, 3.05) is 66.2 Å². The Morgan fingerprint density at radius 2 is 2.00 bits per heavy atom. The van der Waals surface area contributed by atoms with Crippen LogP contribution in [-0.2, 0) is 9.47 Å². The first-order chi connectivity index (χ1) is 13.0. The maximum atomic E-state index is 5.73. The van der Waals surface area contributed by atoms with Crippen molar-refractivity contribution in [2.45, 2.75) is 52.5 Å². The summed E-state index contributed by atoms with van der Waals surface area (Å²) >= 11 is 0. The van der Waals surface area contributed by atoms with Crippen molar-refractivity contribution in [3.05, 3.63) is 0 Å². The zero-order valence-corrected chi connectivity index (χ0v) is 18.3. The lowest BCUT2D eigenvalue weighted by molar-refractivity contribution is 0.0536. The molecule has 2 aliphatic rings. The number of piperidine rings is 1. The summed E-state index contributed by atoms with van der Waals surface area (Å²) in [7, 11) is 1.71. The number of nitrogens with zero attached hydrogens (tertiary/aromatic N) is 3. The number of guanidine groups is 1. The van der Waals surface area contributed by atoms with Gasteiger partial charge in [0, 0.05) is 44.7 Å². The Kier molecular flexibility index (Phi) is 9.33. The molecule has 0 aromatic rings. The summed E-state index contributed by atoms with van der Waals surface area (Å²) < 4.78 is 10.8. The molecule has 2 rings (SSSR count). The van der Waals surface area contributed by atoms with Crippen molar-refractivity contribution in [1.29, 1.82) is 0 Å². The molecule has 0 aliphatic carbocycles. The number of rotatable bonds is 9. The molecule has 2 unspecified atom stereocenters. The fourth-order valence-corrected chi connectivity index (χ4v) is 4.09. The van der Waals surface area contributed by atoms with Gasteiger partial charge in [0.2, 0.25) is 0 Å². The van der Waals surface area contributed by atoms with Crippen LogP contribution in [0.25, 0.3) is 0 Å². The van der Waals surface area contributed by atoms with Crippen molar-refractivity contribution in [1.82, 2.24) is 15.1 Å². The van der Waals surface area contributed by atoms with Crippen LogP contribution in [0.15, 0.2) is 4.99 Å². The largest absolute Gasteiger partial charge is 0.382 e. The van der Waals surface area contributed by atoms with Crippen molar-refractivity contribution >= 4 is 5.96 Å². The lowest BCUT2D eigenvalue weighted by Gasteiger charge is -2.42. The molecule has 2 heterocycles. The van der Waals surface area contributed by atoms with Crippen LogP contribution in [0.5, 0.6) is 0 Å². The molecule has 6 heteroatoms. The lowest BCUT2D eigenvalue weighted by Crippen LogP contribution is -2.51. The van der Waals surface area contributed by atoms with Gasteiger partial charge in [0.05, 0.1) is 26.4 Å². The Labute approximate surface area is 166 Å². The molecule has 2 saturated heterocycles. The van der Waals surface area contributed by atoms with E-state index in [0.717, 1.165) is 44.7 Å². The maximum absolute atomic E-state index is 5.73. The average molecular weight is 383 g/mol. The highest BCUT2D eigenvalue weighted by Crippen LogP contribution is 2.24. The molecule has 2 fully saturated rings. The Morgan fingerprint density at radius 3 is 2.70 bits per heavy atom. The molecule has 0 aromatic carbocycles. The van der Waals surface area contributed by atoms with E-state index in [0.29, 0.717) is 19.1 Å². The predicted molar refractivity (Wildman–Crippen MR) is 112 cm³/mol. The first kappa shape index (κ1) is 22.4. The molecule has 1 N–H and O–H groups in total. The van der Waals surface area contributed by atoms with Gasteiger partial charge in [-0.05, 0) is 52.5 Å². The normalized spacial score (nSPS) is 25.2. The monoisotopic (exact) mass is 382 g/mol. The molecule has 0 aromatic heterocycles. The van der Waals surface area contributed by atoms with Crippen LogP contribution >= 0.6 is 0 Å². The van der Waals surface area contributed by atoms with Gasteiger partial charge in [-0.2, -0.15) is 0 Å². The van der Waals surface area contributed by atoms with Crippen LogP contribution in [-0.4, -0.2) is 87.5 Å². The quantitative estimate of drug-likeness (QED) is 0.377. The second kappa shape index (κ2) is 11.2. The van der Waals surface area contributed by atoms with Gasteiger partial charge in [-0.3, -0.25) is 9.89 Å². The van der Waals surface area contributed by atoms with E-state index in [2.05, 4.69) is 42.8 Å². The molecule has 27 heavy (non-hydrogen) atoms. The molecule has 0 radical (unpaired) electrons. The summed E-state index contributed by atoms with van der Waals surface area (Å²) in [5.41, 5.74) is 0.109. The zero-order chi connectivity index (χ0) is 19.7. The Hall–Kier alpha value is -0.850. The molecular formula is C21H42N4O2. The maximum Gasteiger partial charge on any atom is 0.193 e. The number of ether oxygens (including phenoxy) is 2. The second-order valence-electron chi connectivity index (χ2n) is 8.84.